The molecule has 1 aliphatic rings. The Kier molecular flexibility index (Phi) is 9.57. The molecule has 5 heteroatoms. The lowest BCUT2D eigenvalue weighted by atomic mass is 9.94. The summed E-state index contributed by atoms with van der Waals surface area (Å²) in [5.41, 5.74) is 3.11. The zero-order valence-electron chi connectivity index (χ0n) is 20.7. The minimum atomic E-state index is -0.590. The van der Waals surface area contributed by atoms with Crippen LogP contribution in [0.3, 0.4) is 0 Å². The van der Waals surface area contributed by atoms with Crippen LogP contribution in [0.25, 0.3) is 0 Å². The van der Waals surface area contributed by atoms with Crippen molar-refractivity contribution in [2.24, 2.45) is 0 Å². The maximum absolute atomic E-state index is 13.8. The fourth-order valence-electron chi connectivity index (χ4n) is 4.92. The second-order valence-corrected chi connectivity index (χ2v) is 10.1. The summed E-state index contributed by atoms with van der Waals surface area (Å²) in [4.78, 5) is 29.3. The standard InChI is InChI=1S/C31H35ClN2O2/c32-27-19-16-26(17-20-27)23-34(30(35)21-18-24-10-4-1-5-11-24)29(22-25-12-6-2-7-13-25)31(36)33-28-14-8-3-9-15-28/h1-2,4-7,10-13,16-17,19-20,28-29H,3,8-9,14-15,18,21-23H2,(H,33,36)/t29-/m1/s1. The lowest BCUT2D eigenvalue weighted by molar-refractivity contribution is -0.141. The van der Waals surface area contributed by atoms with Crippen molar-refractivity contribution in [1.82, 2.24) is 10.2 Å². The molecule has 0 unspecified atom stereocenters. The fraction of sp³-hybridized carbons (Fsp3) is 0.355. The van der Waals surface area contributed by atoms with Crippen LogP contribution < -0.4 is 5.32 Å². The van der Waals surface area contributed by atoms with E-state index < -0.39 is 6.04 Å². The number of aryl methyl sites for hydroxylation is 1. The number of amides is 2. The van der Waals surface area contributed by atoms with Crippen LogP contribution in [-0.4, -0.2) is 28.8 Å². The highest BCUT2D eigenvalue weighted by molar-refractivity contribution is 6.30. The second kappa shape index (κ2) is 13.3. The molecule has 3 aromatic carbocycles. The van der Waals surface area contributed by atoms with Crippen LogP contribution >= 0.6 is 11.6 Å². The predicted molar refractivity (Wildman–Crippen MR) is 146 cm³/mol. The maximum atomic E-state index is 13.8. The maximum Gasteiger partial charge on any atom is 0.243 e. The molecule has 36 heavy (non-hydrogen) atoms. The number of rotatable bonds is 10. The fourth-order valence-corrected chi connectivity index (χ4v) is 5.05. The van der Waals surface area contributed by atoms with E-state index >= 15 is 0 Å². The van der Waals surface area contributed by atoms with Gasteiger partial charge in [0.2, 0.25) is 11.8 Å². The van der Waals surface area contributed by atoms with Gasteiger partial charge in [-0.25, -0.2) is 0 Å². The molecule has 1 atom stereocenters. The Labute approximate surface area is 219 Å². The molecule has 0 spiro atoms. The van der Waals surface area contributed by atoms with Gasteiger partial charge in [0.05, 0.1) is 0 Å². The second-order valence-electron chi connectivity index (χ2n) is 9.68. The highest BCUT2D eigenvalue weighted by atomic mass is 35.5. The Bertz CT molecular complexity index is 1100. The number of carbonyl (C=O) groups excluding carboxylic acids is 2. The average molecular weight is 503 g/mol. The van der Waals surface area contributed by atoms with Crippen molar-refractivity contribution in [3.8, 4) is 0 Å². The number of hydrogen-bond donors (Lipinski definition) is 1. The summed E-state index contributed by atoms with van der Waals surface area (Å²) in [5.74, 6) is -0.0821. The molecule has 0 aliphatic heterocycles. The van der Waals surface area contributed by atoms with E-state index in [2.05, 4.69) is 5.32 Å². The van der Waals surface area contributed by atoms with E-state index in [1.165, 1.54) is 6.42 Å². The number of nitrogens with zero attached hydrogens (tertiary/aromatic N) is 1. The Morgan fingerprint density at radius 2 is 1.42 bits per heavy atom. The zero-order chi connectivity index (χ0) is 25.2. The SMILES string of the molecule is O=C(NC1CCCCC1)[C@@H](Cc1ccccc1)N(Cc1ccc(Cl)cc1)C(=O)CCc1ccccc1. The van der Waals surface area contributed by atoms with Crippen LogP contribution in [0.5, 0.6) is 0 Å². The van der Waals surface area contributed by atoms with Crippen LogP contribution in [-0.2, 0) is 29.0 Å². The minimum absolute atomic E-state index is 0.0199. The molecule has 4 nitrogen and oxygen atoms in total. The van der Waals surface area contributed by atoms with E-state index in [-0.39, 0.29) is 17.9 Å². The third-order valence-corrected chi connectivity index (χ3v) is 7.21. The molecule has 3 aromatic rings. The summed E-state index contributed by atoms with van der Waals surface area (Å²) < 4.78 is 0. The molecule has 0 aromatic heterocycles. The third-order valence-electron chi connectivity index (χ3n) is 6.96. The quantitative estimate of drug-likeness (QED) is 0.350. The number of carbonyl (C=O) groups is 2. The summed E-state index contributed by atoms with van der Waals surface area (Å²) >= 11 is 6.11. The molecule has 1 aliphatic carbocycles. The van der Waals surface area contributed by atoms with E-state index in [0.717, 1.165) is 42.4 Å². The molecule has 0 saturated heterocycles. The largest absolute Gasteiger partial charge is 0.352 e. The summed E-state index contributed by atoms with van der Waals surface area (Å²) in [6, 6.07) is 27.1. The van der Waals surface area contributed by atoms with E-state index in [1.807, 2.05) is 84.9 Å². The van der Waals surface area contributed by atoms with Crippen LogP contribution in [0.2, 0.25) is 5.02 Å². The van der Waals surface area contributed by atoms with Gasteiger partial charge < -0.3 is 10.2 Å². The lowest BCUT2D eigenvalue weighted by Gasteiger charge is -2.33. The molecule has 1 saturated carbocycles. The summed E-state index contributed by atoms with van der Waals surface area (Å²) in [7, 11) is 0. The first-order valence-electron chi connectivity index (χ1n) is 13.0. The van der Waals surface area contributed by atoms with Crippen LogP contribution in [0.15, 0.2) is 84.9 Å². The first-order valence-corrected chi connectivity index (χ1v) is 13.4. The zero-order valence-corrected chi connectivity index (χ0v) is 21.5. The lowest BCUT2D eigenvalue weighted by Crippen LogP contribution is -2.52. The van der Waals surface area contributed by atoms with Crippen molar-refractivity contribution in [2.45, 2.75) is 70.0 Å². The van der Waals surface area contributed by atoms with Gasteiger partial charge in [0.25, 0.3) is 0 Å². The first-order chi connectivity index (χ1) is 17.6. The van der Waals surface area contributed by atoms with E-state index in [4.69, 9.17) is 11.6 Å². The van der Waals surface area contributed by atoms with Crippen molar-refractivity contribution in [1.29, 1.82) is 0 Å². The Morgan fingerprint density at radius 1 is 0.806 bits per heavy atom. The van der Waals surface area contributed by atoms with Gasteiger partial charge in [-0.15, -0.1) is 0 Å². The number of nitrogens with one attached hydrogen (secondary N) is 1. The van der Waals surface area contributed by atoms with E-state index in [9.17, 15) is 9.59 Å². The van der Waals surface area contributed by atoms with Crippen molar-refractivity contribution < 1.29 is 9.59 Å². The van der Waals surface area contributed by atoms with Crippen molar-refractivity contribution >= 4 is 23.4 Å². The molecular weight excluding hydrogens is 468 g/mol. The molecule has 1 fully saturated rings. The van der Waals surface area contributed by atoms with Gasteiger partial charge in [-0.05, 0) is 48.1 Å². The Balaban J connectivity index is 1.60. The van der Waals surface area contributed by atoms with Crippen molar-refractivity contribution in [3.63, 3.8) is 0 Å². The number of halogens is 1. The molecule has 0 radical (unpaired) electrons. The molecule has 188 valence electrons. The van der Waals surface area contributed by atoms with Gasteiger partial charge in [0.15, 0.2) is 0 Å². The van der Waals surface area contributed by atoms with Gasteiger partial charge in [-0.2, -0.15) is 0 Å². The van der Waals surface area contributed by atoms with Gasteiger partial charge in [0, 0.05) is 30.5 Å². The number of benzene rings is 3. The summed E-state index contributed by atoms with van der Waals surface area (Å²) in [6.45, 7) is 0.361. The normalized spacial score (nSPS) is 14.7. The van der Waals surface area contributed by atoms with Gasteiger partial charge in [0.1, 0.15) is 6.04 Å². The minimum Gasteiger partial charge on any atom is -0.352 e. The van der Waals surface area contributed by atoms with Gasteiger partial charge in [-0.1, -0.05) is 104 Å². The molecule has 0 bridgehead atoms. The highest BCUT2D eigenvalue weighted by Crippen LogP contribution is 2.21. The first kappa shape index (κ1) is 26.0. The van der Waals surface area contributed by atoms with Crippen molar-refractivity contribution in [3.05, 3.63) is 107 Å². The van der Waals surface area contributed by atoms with Crippen LogP contribution in [0.1, 0.15) is 55.2 Å². The van der Waals surface area contributed by atoms with Crippen LogP contribution in [0, 0.1) is 0 Å². The molecule has 4 rings (SSSR count). The predicted octanol–water partition coefficient (Wildman–Crippen LogP) is 6.36. The van der Waals surface area contributed by atoms with Crippen LogP contribution in [0.4, 0.5) is 0 Å². The van der Waals surface area contributed by atoms with E-state index in [0.29, 0.717) is 30.8 Å². The van der Waals surface area contributed by atoms with Crippen molar-refractivity contribution in [2.75, 3.05) is 0 Å². The third kappa shape index (κ3) is 7.69. The molecular formula is C31H35ClN2O2. The smallest absolute Gasteiger partial charge is 0.243 e. The molecule has 1 N–H and O–H groups in total. The highest BCUT2D eigenvalue weighted by Gasteiger charge is 2.31. The average Bonchev–Trinajstić information content (AvgIpc) is 2.92. The van der Waals surface area contributed by atoms with E-state index in [1.54, 1.807) is 4.90 Å². The van der Waals surface area contributed by atoms with Gasteiger partial charge in [-0.3, -0.25) is 9.59 Å². The topological polar surface area (TPSA) is 49.4 Å². The Morgan fingerprint density at radius 3 is 2.06 bits per heavy atom. The Hall–Kier alpha value is -3.11. The van der Waals surface area contributed by atoms with Gasteiger partial charge >= 0.3 is 0 Å². The molecule has 0 heterocycles. The molecule has 2 amide bonds. The summed E-state index contributed by atoms with van der Waals surface area (Å²) in [5, 5.41) is 3.94. The number of hydrogen-bond acceptors (Lipinski definition) is 2. The monoisotopic (exact) mass is 502 g/mol. The summed E-state index contributed by atoms with van der Waals surface area (Å²) in [6.07, 6.45) is 6.96.